The van der Waals surface area contributed by atoms with Gasteiger partial charge in [-0.15, -0.1) is 0 Å². The predicted octanol–water partition coefficient (Wildman–Crippen LogP) is 3.97. The first-order valence-corrected chi connectivity index (χ1v) is 4.55. The van der Waals surface area contributed by atoms with Gasteiger partial charge in [-0.1, -0.05) is 34.9 Å². The van der Waals surface area contributed by atoms with Gasteiger partial charge in [0, 0.05) is 16.5 Å². The van der Waals surface area contributed by atoms with Crippen molar-refractivity contribution in [3.05, 3.63) is 50.9 Å². The summed E-state index contributed by atoms with van der Waals surface area (Å²) in [5, 5.41) is 4.11. The molecule has 0 bridgehead atoms. The van der Waals surface area contributed by atoms with E-state index in [2.05, 4.69) is 10.0 Å². The molecule has 3 nitrogen and oxygen atoms in total. The molecule has 72 valence electrons. The smallest absolute Gasteiger partial charge is 0.0443 e. The number of halogens is 1. The van der Waals surface area contributed by atoms with E-state index in [0.29, 0.717) is 11.6 Å². The van der Waals surface area contributed by atoms with Crippen LogP contribution in [0.25, 0.3) is 16.5 Å². The minimum atomic E-state index is 0.364. The molecule has 1 rings (SSSR count). The molecule has 1 aromatic carbocycles. The van der Waals surface area contributed by atoms with E-state index in [4.69, 9.17) is 17.1 Å². The Morgan fingerprint density at radius 1 is 1.57 bits per heavy atom. The second-order valence-corrected chi connectivity index (χ2v) is 3.25. The van der Waals surface area contributed by atoms with Gasteiger partial charge in [0.1, 0.15) is 0 Å². The van der Waals surface area contributed by atoms with E-state index in [1.807, 2.05) is 31.2 Å². The molecule has 0 fully saturated rings. The van der Waals surface area contributed by atoms with Crippen molar-refractivity contribution in [2.24, 2.45) is 5.11 Å². The highest BCUT2D eigenvalue weighted by atomic mass is 35.5. The van der Waals surface area contributed by atoms with Crippen molar-refractivity contribution < 1.29 is 0 Å². The molecule has 0 radical (unpaired) electrons. The molecule has 0 unspecified atom stereocenters. The van der Waals surface area contributed by atoms with Gasteiger partial charge in [-0.05, 0) is 35.7 Å². The minimum absolute atomic E-state index is 0.364. The van der Waals surface area contributed by atoms with Crippen molar-refractivity contribution >= 4 is 17.7 Å². The van der Waals surface area contributed by atoms with Crippen molar-refractivity contribution in [3.63, 3.8) is 0 Å². The second-order valence-electron chi connectivity index (χ2n) is 2.82. The van der Waals surface area contributed by atoms with Gasteiger partial charge < -0.3 is 0 Å². The molecule has 4 heteroatoms. The van der Waals surface area contributed by atoms with Crippen LogP contribution in [0.4, 0.5) is 0 Å². The molecule has 0 aliphatic heterocycles. The minimum Gasteiger partial charge on any atom is -0.0899 e. The Labute approximate surface area is 87.6 Å². The highest BCUT2D eigenvalue weighted by Crippen LogP contribution is 2.16. The fourth-order valence-corrected chi connectivity index (χ4v) is 1.23. The largest absolute Gasteiger partial charge is 0.0899 e. The summed E-state index contributed by atoms with van der Waals surface area (Å²) >= 11 is 5.84. The lowest BCUT2D eigenvalue weighted by Crippen LogP contribution is -1.80. The van der Waals surface area contributed by atoms with Crippen LogP contribution in [0.3, 0.4) is 0 Å². The third-order valence-corrected chi connectivity index (χ3v) is 2.02. The molecular weight excluding hydrogens is 198 g/mol. The average molecular weight is 208 g/mol. The molecule has 0 spiro atoms. The molecule has 0 atom stereocenters. The maximum atomic E-state index is 8.07. The first-order chi connectivity index (χ1) is 6.74. The SMILES string of the molecule is Cc1ccc(Cl)cc1C=CCN=[N+]=[N-]. The summed E-state index contributed by atoms with van der Waals surface area (Å²) < 4.78 is 0. The van der Waals surface area contributed by atoms with Gasteiger partial charge in [0.05, 0.1) is 0 Å². The van der Waals surface area contributed by atoms with Gasteiger partial charge in [0.2, 0.25) is 0 Å². The Balaban J connectivity index is 2.79. The van der Waals surface area contributed by atoms with Gasteiger partial charge in [-0.25, -0.2) is 0 Å². The Kier molecular flexibility index (Phi) is 4.05. The highest BCUT2D eigenvalue weighted by molar-refractivity contribution is 6.30. The quantitative estimate of drug-likeness (QED) is 0.409. The van der Waals surface area contributed by atoms with Crippen LogP contribution >= 0.6 is 11.6 Å². The normalized spacial score (nSPS) is 10.1. The van der Waals surface area contributed by atoms with Crippen LogP contribution in [-0.2, 0) is 0 Å². The number of rotatable bonds is 3. The Morgan fingerprint density at radius 3 is 3.07 bits per heavy atom. The number of azide groups is 1. The van der Waals surface area contributed by atoms with Gasteiger partial charge in [0.25, 0.3) is 0 Å². The topological polar surface area (TPSA) is 48.8 Å². The van der Waals surface area contributed by atoms with Gasteiger partial charge in [-0.3, -0.25) is 0 Å². The van der Waals surface area contributed by atoms with Crippen molar-refractivity contribution in [2.75, 3.05) is 6.54 Å². The van der Waals surface area contributed by atoms with E-state index < -0.39 is 0 Å². The van der Waals surface area contributed by atoms with Crippen molar-refractivity contribution in [1.82, 2.24) is 0 Å². The van der Waals surface area contributed by atoms with Crippen molar-refractivity contribution in [3.8, 4) is 0 Å². The molecule has 0 saturated heterocycles. The fraction of sp³-hybridized carbons (Fsp3) is 0.200. The lowest BCUT2D eigenvalue weighted by Gasteiger charge is -1.99. The fourth-order valence-electron chi connectivity index (χ4n) is 1.05. The van der Waals surface area contributed by atoms with E-state index in [1.165, 1.54) is 0 Å². The lowest BCUT2D eigenvalue weighted by atomic mass is 10.1. The Morgan fingerprint density at radius 2 is 2.36 bits per heavy atom. The predicted molar refractivity (Wildman–Crippen MR) is 59.2 cm³/mol. The summed E-state index contributed by atoms with van der Waals surface area (Å²) in [5.74, 6) is 0. The van der Waals surface area contributed by atoms with Gasteiger partial charge in [0.15, 0.2) is 0 Å². The van der Waals surface area contributed by atoms with Crippen molar-refractivity contribution in [1.29, 1.82) is 0 Å². The van der Waals surface area contributed by atoms with Crippen LogP contribution in [0.15, 0.2) is 29.4 Å². The summed E-state index contributed by atoms with van der Waals surface area (Å²) in [4.78, 5) is 2.65. The molecule has 0 amide bonds. The zero-order chi connectivity index (χ0) is 10.4. The average Bonchev–Trinajstić information content (AvgIpc) is 2.18. The monoisotopic (exact) mass is 207 g/mol. The van der Waals surface area contributed by atoms with E-state index >= 15 is 0 Å². The summed E-state index contributed by atoms with van der Waals surface area (Å²) in [6.07, 6.45) is 3.70. The maximum absolute atomic E-state index is 8.07. The van der Waals surface area contributed by atoms with Crippen LogP contribution in [0.1, 0.15) is 11.1 Å². The zero-order valence-electron chi connectivity index (χ0n) is 7.81. The third kappa shape index (κ3) is 3.13. The van der Waals surface area contributed by atoms with E-state index in [1.54, 1.807) is 6.08 Å². The zero-order valence-corrected chi connectivity index (χ0v) is 8.57. The highest BCUT2D eigenvalue weighted by Gasteiger charge is 1.94. The molecular formula is C10H10ClN3. The molecule has 0 aromatic heterocycles. The van der Waals surface area contributed by atoms with E-state index in [9.17, 15) is 0 Å². The van der Waals surface area contributed by atoms with Crippen LogP contribution < -0.4 is 0 Å². The first-order valence-electron chi connectivity index (χ1n) is 4.17. The molecule has 0 heterocycles. The van der Waals surface area contributed by atoms with E-state index in [-0.39, 0.29) is 0 Å². The molecule has 1 aromatic rings. The lowest BCUT2D eigenvalue weighted by molar-refractivity contribution is 1.22. The van der Waals surface area contributed by atoms with Crippen molar-refractivity contribution in [2.45, 2.75) is 6.92 Å². The Hall–Kier alpha value is -1.44. The second kappa shape index (κ2) is 5.32. The molecule has 0 aliphatic carbocycles. The number of benzene rings is 1. The summed E-state index contributed by atoms with van der Waals surface area (Å²) in [6, 6.07) is 5.68. The van der Waals surface area contributed by atoms with Crippen LogP contribution in [0.2, 0.25) is 5.02 Å². The van der Waals surface area contributed by atoms with Gasteiger partial charge >= 0.3 is 0 Å². The summed E-state index contributed by atoms with van der Waals surface area (Å²) in [5.41, 5.74) is 10.3. The maximum Gasteiger partial charge on any atom is 0.0443 e. The summed E-state index contributed by atoms with van der Waals surface area (Å²) in [7, 11) is 0. The third-order valence-electron chi connectivity index (χ3n) is 1.79. The number of aryl methyl sites for hydroxylation is 1. The molecule has 0 saturated carbocycles. The summed E-state index contributed by atoms with van der Waals surface area (Å²) in [6.45, 7) is 2.37. The molecule has 0 N–H and O–H groups in total. The Bertz CT molecular complexity index is 392. The molecule has 14 heavy (non-hydrogen) atoms. The van der Waals surface area contributed by atoms with Crippen LogP contribution in [-0.4, -0.2) is 6.54 Å². The van der Waals surface area contributed by atoms with Crippen LogP contribution in [0.5, 0.6) is 0 Å². The number of nitrogens with zero attached hydrogens (tertiary/aromatic N) is 3. The first kappa shape index (κ1) is 10.6. The standard InChI is InChI=1S/C10H10ClN3/c1-8-4-5-10(11)7-9(8)3-2-6-13-14-12/h2-5,7H,6H2,1H3. The molecule has 0 aliphatic rings. The van der Waals surface area contributed by atoms with Gasteiger partial charge in [-0.2, -0.15) is 0 Å². The van der Waals surface area contributed by atoms with Crippen LogP contribution in [0, 0.1) is 6.92 Å². The number of hydrogen-bond acceptors (Lipinski definition) is 1. The number of hydrogen-bond donors (Lipinski definition) is 0. The van der Waals surface area contributed by atoms with E-state index in [0.717, 1.165) is 11.1 Å².